The third-order valence-corrected chi connectivity index (χ3v) is 1.12. The highest BCUT2D eigenvalue weighted by atomic mass is 16.6. The minimum absolute atomic E-state index is 0.165. The summed E-state index contributed by atoms with van der Waals surface area (Å²) in [5.41, 5.74) is -0.172. The summed E-state index contributed by atoms with van der Waals surface area (Å²) in [4.78, 5) is 10.5. The van der Waals surface area contributed by atoms with Crippen LogP contribution in [0.25, 0.3) is 0 Å². The molecule has 0 aromatic heterocycles. The molecule has 0 saturated carbocycles. The van der Waals surface area contributed by atoms with E-state index in [1.165, 1.54) is 6.92 Å². The second-order valence-electron chi connectivity index (χ2n) is 3.84. The Kier molecular flexibility index (Phi) is 4.24. The van der Waals surface area contributed by atoms with Crippen molar-refractivity contribution in [2.24, 2.45) is 0 Å². The first kappa shape index (κ1) is 11.4. The maximum absolute atomic E-state index is 10.5. The highest BCUT2D eigenvalue weighted by Crippen LogP contribution is 2.07. The highest BCUT2D eigenvalue weighted by Gasteiger charge is 2.13. The summed E-state index contributed by atoms with van der Waals surface area (Å²) in [6.07, 6.45) is -0.165. The summed E-state index contributed by atoms with van der Waals surface area (Å²) >= 11 is 0. The minimum atomic E-state index is -0.264. The molecule has 0 fully saturated rings. The molecule has 0 aliphatic rings. The van der Waals surface area contributed by atoms with Crippen molar-refractivity contribution in [3.8, 4) is 0 Å². The molecule has 0 spiro atoms. The van der Waals surface area contributed by atoms with Crippen LogP contribution < -0.4 is 0 Å². The van der Waals surface area contributed by atoms with Gasteiger partial charge in [-0.1, -0.05) is 0 Å². The van der Waals surface area contributed by atoms with E-state index in [1.54, 1.807) is 0 Å². The van der Waals surface area contributed by atoms with Gasteiger partial charge in [-0.2, -0.15) is 0 Å². The van der Waals surface area contributed by atoms with Crippen LogP contribution in [0, 0.1) is 0 Å². The SMILES string of the molecule is CC(=O)OC(C)COC(C)(C)C. The third kappa shape index (κ3) is 7.54. The number of ether oxygens (including phenoxy) is 2. The van der Waals surface area contributed by atoms with Gasteiger partial charge < -0.3 is 9.47 Å². The Balaban J connectivity index is 3.57. The Bertz CT molecular complexity index is 146. The first-order valence-electron chi connectivity index (χ1n) is 4.12. The molecule has 0 saturated heterocycles. The molecule has 0 radical (unpaired) electrons. The van der Waals surface area contributed by atoms with Crippen LogP contribution in [-0.4, -0.2) is 24.3 Å². The van der Waals surface area contributed by atoms with E-state index in [-0.39, 0.29) is 17.7 Å². The lowest BCUT2D eigenvalue weighted by Crippen LogP contribution is -2.27. The zero-order valence-corrected chi connectivity index (χ0v) is 8.51. The molecule has 0 rings (SSSR count). The van der Waals surface area contributed by atoms with Crippen molar-refractivity contribution in [2.45, 2.75) is 46.3 Å². The monoisotopic (exact) mass is 174 g/mol. The topological polar surface area (TPSA) is 35.5 Å². The maximum atomic E-state index is 10.5. The second kappa shape index (κ2) is 4.45. The molecule has 3 nitrogen and oxygen atoms in total. The molecule has 1 atom stereocenters. The van der Waals surface area contributed by atoms with Crippen LogP contribution in [-0.2, 0) is 14.3 Å². The van der Waals surface area contributed by atoms with Crippen LogP contribution in [0.4, 0.5) is 0 Å². The second-order valence-corrected chi connectivity index (χ2v) is 3.84. The molecule has 0 heterocycles. The summed E-state index contributed by atoms with van der Waals surface area (Å²) in [7, 11) is 0. The quantitative estimate of drug-likeness (QED) is 0.611. The first-order chi connectivity index (χ1) is 5.31. The molecule has 12 heavy (non-hydrogen) atoms. The van der Waals surface area contributed by atoms with Gasteiger partial charge in [0.2, 0.25) is 0 Å². The maximum Gasteiger partial charge on any atom is 0.302 e. The highest BCUT2D eigenvalue weighted by molar-refractivity contribution is 5.66. The Hall–Kier alpha value is -0.570. The van der Waals surface area contributed by atoms with Crippen LogP contribution >= 0.6 is 0 Å². The minimum Gasteiger partial charge on any atom is -0.460 e. The van der Waals surface area contributed by atoms with Gasteiger partial charge in [0.15, 0.2) is 0 Å². The summed E-state index contributed by atoms with van der Waals surface area (Å²) < 4.78 is 10.3. The van der Waals surface area contributed by atoms with Crippen LogP contribution in [0.15, 0.2) is 0 Å². The Morgan fingerprint density at radius 1 is 1.42 bits per heavy atom. The molecule has 3 heteroatoms. The molecule has 0 amide bonds. The lowest BCUT2D eigenvalue weighted by Gasteiger charge is -2.22. The van der Waals surface area contributed by atoms with E-state index >= 15 is 0 Å². The lowest BCUT2D eigenvalue weighted by molar-refractivity contribution is -0.151. The molecule has 0 aliphatic carbocycles. The van der Waals surface area contributed by atoms with Gasteiger partial charge in [-0.05, 0) is 27.7 Å². The van der Waals surface area contributed by atoms with Crippen molar-refractivity contribution < 1.29 is 14.3 Å². The average molecular weight is 174 g/mol. The number of esters is 1. The lowest BCUT2D eigenvalue weighted by atomic mass is 10.2. The molecule has 0 aliphatic heterocycles. The van der Waals surface area contributed by atoms with Crippen LogP contribution in [0.1, 0.15) is 34.6 Å². The molecule has 0 aromatic carbocycles. The van der Waals surface area contributed by atoms with Crippen LogP contribution in [0.5, 0.6) is 0 Å². The Morgan fingerprint density at radius 2 is 1.92 bits per heavy atom. The van der Waals surface area contributed by atoms with Crippen molar-refractivity contribution in [3.05, 3.63) is 0 Å². The Morgan fingerprint density at radius 3 is 2.25 bits per heavy atom. The summed E-state index contributed by atoms with van der Waals surface area (Å²) in [5, 5.41) is 0. The van der Waals surface area contributed by atoms with E-state index in [0.29, 0.717) is 6.61 Å². The van der Waals surface area contributed by atoms with Gasteiger partial charge in [-0.15, -0.1) is 0 Å². The number of hydrogen-bond donors (Lipinski definition) is 0. The van der Waals surface area contributed by atoms with Gasteiger partial charge in [-0.3, -0.25) is 4.79 Å². The fourth-order valence-corrected chi connectivity index (χ4v) is 0.685. The predicted molar refractivity (Wildman–Crippen MR) is 46.9 cm³/mol. The van der Waals surface area contributed by atoms with E-state index < -0.39 is 0 Å². The largest absolute Gasteiger partial charge is 0.460 e. The van der Waals surface area contributed by atoms with Gasteiger partial charge in [-0.25, -0.2) is 0 Å². The molecule has 72 valence electrons. The van der Waals surface area contributed by atoms with Gasteiger partial charge in [0, 0.05) is 6.92 Å². The van der Waals surface area contributed by atoms with Crippen molar-refractivity contribution >= 4 is 5.97 Å². The molecule has 1 unspecified atom stereocenters. The van der Waals surface area contributed by atoms with Gasteiger partial charge in [0.1, 0.15) is 6.10 Å². The van der Waals surface area contributed by atoms with Crippen molar-refractivity contribution in [1.29, 1.82) is 0 Å². The van der Waals surface area contributed by atoms with Gasteiger partial charge in [0.25, 0.3) is 0 Å². The fourth-order valence-electron chi connectivity index (χ4n) is 0.685. The van der Waals surface area contributed by atoms with Crippen molar-refractivity contribution in [1.82, 2.24) is 0 Å². The van der Waals surface area contributed by atoms with E-state index in [9.17, 15) is 4.79 Å². The summed E-state index contributed by atoms with van der Waals surface area (Å²) in [6.45, 7) is 9.55. The standard InChI is InChI=1S/C9H18O3/c1-7(12-8(2)10)6-11-9(3,4)5/h7H,6H2,1-5H3. The molecule has 0 bridgehead atoms. The number of hydrogen-bond acceptors (Lipinski definition) is 3. The zero-order chi connectivity index (χ0) is 9.78. The van der Waals surface area contributed by atoms with Crippen LogP contribution in [0.3, 0.4) is 0 Å². The zero-order valence-electron chi connectivity index (χ0n) is 8.51. The Labute approximate surface area is 74.0 Å². The molecular weight excluding hydrogens is 156 g/mol. The normalized spacial score (nSPS) is 14.1. The van der Waals surface area contributed by atoms with Gasteiger partial charge in [0.05, 0.1) is 12.2 Å². The number of carbonyl (C=O) groups is 1. The summed E-state index contributed by atoms with van der Waals surface area (Å²) in [5.74, 6) is -0.264. The molecule has 0 N–H and O–H groups in total. The number of carbonyl (C=O) groups excluding carboxylic acids is 1. The predicted octanol–water partition coefficient (Wildman–Crippen LogP) is 1.75. The first-order valence-corrected chi connectivity index (χ1v) is 4.12. The van der Waals surface area contributed by atoms with Crippen LogP contribution in [0.2, 0.25) is 0 Å². The fraction of sp³-hybridized carbons (Fsp3) is 0.889. The van der Waals surface area contributed by atoms with E-state index in [0.717, 1.165) is 0 Å². The van der Waals surface area contributed by atoms with Gasteiger partial charge >= 0.3 is 5.97 Å². The molecular formula is C9H18O3. The average Bonchev–Trinajstić information content (AvgIpc) is 1.80. The molecule has 0 aromatic rings. The number of rotatable bonds is 3. The van der Waals surface area contributed by atoms with E-state index in [4.69, 9.17) is 9.47 Å². The third-order valence-electron chi connectivity index (χ3n) is 1.12. The van der Waals surface area contributed by atoms with Crippen molar-refractivity contribution in [3.63, 3.8) is 0 Å². The van der Waals surface area contributed by atoms with Crippen molar-refractivity contribution in [2.75, 3.05) is 6.61 Å². The smallest absolute Gasteiger partial charge is 0.302 e. The van der Waals surface area contributed by atoms with E-state index in [2.05, 4.69) is 0 Å². The van der Waals surface area contributed by atoms with E-state index in [1.807, 2.05) is 27.7 Å². The summed E-state index contributed by atoms with van der Waals surface area (Å²) in [6, 6.07) is 0.